The van der Waals surface area contributed by atoms with Crippen molar-refractivity contribution < 1.29 is 37.6 Å². The van der Waals surface area contributed by atoms with E-state index in [1.165, 1.54) is 96.3 Å². The van der Waals surface area contributed by atoms with Gasteiger partial charge in [0, 0.05) is 19.4 Å². The second-order valence-corrected chi connectivity index (χ2v) is 12.9. The number of hydrogen-bond donors (Lipinski definition) is 2. The zero-order chi connectivity index (χ0) is 31.2. The second-order valence-electron chi connectivity index (χ2n) is 11.4. The third-order valence-electron chi connectivity index (χ3n) is 7.24. The Morgan fingerprint density at radius 3 is 1.45 bits per heavy atom. The molecule has 250 valence electrons. The van der Waals surface area contributed by atoms with Gasteiger partial charge in [0.1, 0.15) is 6.61 Å². The van der Waals surface area contributed by atoms with Crippen molar-refractivity contribution in [2.45, 2.75) is 168 Å². The van der Waals surface area contributed by atoms with Crippen LogP contribution in [0, 0.1) is 0 Å². The Kier molecular flexibility index (Phi) is 29.3. The lowest BCUT2D eigenvalue weighted by Gasteiger charge is -2.19. The standard InChI is InChI=1S/C32H64NO8P/c1-3-5-7-9-11-12-13-14-15-16-17-19-21-23-25-32(35)41-30(29-40-42(36,37)39-27-26-33)28-38-31(34)24-22-20-18-10-8-6-4-2/h30H,3-29,33H2,1-2H3,(H,36,37). The summed E-state index contributed by atoms with van der Waals surface area (Å²) in [6.07, 6.45) is 24.3. The molecule has 0 fully saturated rings. The highest BCUT2D eigenvalue weighted by molar-refractivity contribution is 7.47. The maximum atomic E-state index is 12.4. The van der Waals surface area contributed by atoms with Crippen molar-refractivity contribution in [1.29, 1.82) is 0 Å². The van der Waals surface area contributed by atoms with Crippen LogP contribution >= 0.6 is 7.82 Å². The predicted molar refractivity (Wildman–Crippen MR) is 169 cm³/mol. The van der Waals surface area contributed by atoms with E-state index >= 15 is 0 Å². The van der Waals surface area contributed by atoms with Crippen LogP contribution in [0.1, 0.15) is 162 Å². The minimum atomic E-state index is -4.35. The normalized spacial score (nSPS) is 13.5. The molecule has 0 aliphatic rings. The van der Waals surface area contributed by atoms with E-state index in [0.717, 1.165) is 32.1 Å². The molecule has 0 heterocycles. The quantitative estimate of drug-likeness (QED) is 0.0430. The highest BCUT2D eigenvalue weighted by Gasteiger charge is 2.25. The first-order chi connectivity index (χ1) is 20.3. The predicted octanol–water partition coefficient (Wildman–Crippen LogP) is 8.55. The van der Waals surface area contributed by atoms with Gasteiger partial charge in [0.15, 0.2) is 6.10 Å². The summed E-state index contributed by atoms with van der Waals surface area (Å²) in [6, 6.07) is 0. The van der Waals surface area contributed by atoms with Gasteiger partial charge in [-0.15, -0.1) is 0 Å². The first-order valence-corrected chi connectivity index (χ1v) is 18.5. The topological polar surface area (TPSA) is 134 Å². The first kappa shape index (κ1) is 41.0. The monoisotopic (exact) mass is 621 g/mol. The number of ether oxygens (including phenoxy) is 2. The van der Waals surface area contributed by atoms with Crippen LogP contribution in [0.15, 0.2) is 0 Å². The largest absolute Gasteiger partial charge is 0.472 e. The zero-order valence-electron chi connectivity index (χ0n) is 27.0. The third-order valence-corrected chi connectivity index (χ3v) is 8.23. The van der Waals surface area contributed by atoms with Gasteiger partial charge in [-0.25, -0.2) is 4.57 Å². The van der Waals surface area contributed by atoms with Crippen LogP contribution in [0.25, 0.3) is 0 Å². The van der Waals surface area contributed by atoms with Gasteiger partial charge in [0.25, 0.3) is 0 Å². The summed E-state index contributed by atoms with van der Waals surface area (Å²) in [6.45, 7) is 3.68. The van der Waals surface area contributed by atoms with Crippen molar-refractivity contribution in [3.05, 3.63) is 0 Å². The number of carbonyl (C=O) groups excluding carboxylic acids is 2. The Morgan fingerprint density at radius 1 is 0.619 bits per heavy atom. The summed E-state index contributed by atoms with van der Waals surface area (Å²) in [4.78, 5) is 34.4. The van der Waals surface area contributed by atoms with E-state index in [4.69, 9.17) is 24.3 Å². The number of hydrogen-bond acceptors (Lipinski definition) is 8. The molecule has 42 heavy (non-hydrogen) atoms. The molecular formula is C32H64NO8P. The molecule has 0 bridgehead atoms. The first-order valence-electron chi connectivity index (χ1n) is 17.0. The molecular weight excluding hydrogens is 557 g/mol. The van der Waals surface area contributed by atoms with Crippen LogP contribution in [-0.4, -0.2) is 49.3 Å². The van der Waals surface area contributed by atoms with Gasteiger partial charge in [0.05, 0.1) is 13.2 Å². The van der Waals surface area contributed by atoms with E-state index in [9.17, 15) is 19.0 Å². The van der Waals surface area contributed by atoms with Crippen LogP contribution in [0.5, 0.6) is 0 Å². The van der Waals surface area contributed by atoms with Crippen molar-refractivity contribution in [2.24, 2.45) is 5.73 Å². The number of unbranched alkanes of at least 4 members (excludes halogenated alkanes) is 19. The van der Waals surface area contributed by atoms with Gasteiger partial charge >= 0.3 is 19.8 Å². The Labute approximate surface area is 257 Å². The molecule has 0 aromatic heterocycles. The Bertz CT molecular complexity index is 679. The molecule has 0 radical (unpaired) electrons. The average Bonchev–Trinajstić information content (AvgIpc) is 2.97. The second kappa shape index (κ2) is 30.1. The summed E-state index contributed by atoms with van der Waals surface area (Å²) in [5.74, 6) is -0.829. The number of nitrogens with two attached hydrogens (primary N) is 1. The molecule has 0 spiro atoms. The van der Waals surface area contributed by atoms with E-state index < -0.39 is 26.5 Å². The number of phosphoric ester groups is 1. The van der Waals surface area contributed by atoms with E-state index in [1.54, 1.807) is 0 Å². The zero-order valence-corrected chi connectivity index (χ0v) is 27.9. The molecule has 2 unspecified atom stereocenters. The molecule has 0 rings (SSSR count). The van der Waals surface area contributed by atoms with E-state index in [2.05, 4.69) is 13.8 Å². The third kappa shape index (κ3) is 29.1. The fourth-order valence-electron chi connectivity index (χ4n) is 4.69. The molecule has 9 nitrogen and oxygen atoms in total. The maximum absolute atomic E-state index is 12.4. The van der Waals surface area contributed by atoms with Crippen molar-refractivity contribution in [2.75, 3.05) is 26.4 Å². The molecule has 10 heteroatoms. The Balaban J connectivity index is 4.21. The minimum Gasteiger partial charge on any atom is -0.462 e. The van der Waals surface area contributed by atoms with Gasteiger partial charge in [0.2, 0.25) is 0 Å². The van der Waals surface area contributed by atoms with Gasteiger partial charge in [-0.1, -0.05) is 136 Å². The van der Waals surface area contributed by atoms with Gasteiger partial charge < -0.3 is 20.1 Å². The van der Waals surface area contributed by atoms with Crippen molar-refractivity contribution in [1.82, 2.24) is 0 Å². The van der Waals surface area contributed by atoms with Crippen LogP contribution in [0.3, 0.4) is 0 Å². The lowest BCUT2D eigenvalue weighted by Crippen LogP contribution is -2.29. The molecule has 0 saturated heterocycles. The Morgan fingerprint density at radius 2 is 1.02 bits per heavy atom. The lowest BCUT2D eigenvalue weighted by atomic mass is 10.0. The molecule has 3 N–H and O–H groups in total. The summed E-state index contributed by atoms with van der Waals surface area (Å²) in [5, 5.41) is 0. The minimum absolute atomic E-state index is 0.0573. The Hall–Kier alpha value is -0.990. The number of rotatable bonds is 32. The molecule has 2 atom stereocenters. The van der Waals surface area contributed by atoms with Crippen molar-refractivity contribution >= 4 is 19.8 Å². The SMILES string of the molecule is CCCCCCCCCCCCCCCCC(=O)OC(COC(=O)CCCCCCCCC)COP(=O)(O)OCCN. The van der Waals surface area contributed by atoms with Crippen molar-refractivity contribution in [3.8, 4) is 0 Å². The summed E-state index contributed by atoms with van der Waals surface area (Å²) >= 11 is 0. The molecule has 0 saturated carbocycles. The summed E-state index contributed by atoms with van der Waals surface area (Å²) < 4.78 is 32.4. The summed E-state index contributed by atoms with van der Waals surface area (Å²) in [7, 11) is -4.35. The van der Waals surface area contributed by atoms with Crippen LogP contribution < -0.4 is 5.73 Å². The fourth-order valence-corrected chi connectivity index (χ4v) is 5.46. The maximum Gasteiger partial charge on any atom is 0.472 e. The molecule has 0 aromatic rings. The van der Waals surface area contributed by atoms with Crippen molar-refractivity contribution in [3.63, 3.8) is 0 Å². The molecule has 0 aliphatic carbocycles. The number of phosphoric acid groups is 1. The highest BCUT2D eigenvalue weighted by atomic mass is 31.2. The number of esters is 2. The smallest absolute Gasteiger partial charge is 0.462 e. The van der Waals surface area contributed by atoms with Crippen LogP contribution in [0.2, 0.25) is 0 Å². The molecule has 0 aliphatic heterocycles. The lowest BCUT2D eigenvalue weighted by molar-refractivity contribution is -0.161. The van der Waals surface area contributed by atoms with E-state index in [1.807, 2.05) is 0 Å². The molecule has 0 aromatic carbocycles. The average molecular weight is 622 g/mol. The highest BCUT2D eigenvalue weighted by Crippen LogP contribution is 2.43. The van der Waals surface area contributed by atoms with Gasteiger partial charge in [-0.05, 0) is 12.8 Å². The fraction of sp³-hybridized carbons (Fsp3) is 0.938. The molecule has 0 amide bonds. The summed E-state index contributed by atoms with van der Waals surface area (Å²) in [5.41, 5.74) is 5.31. The van der Waals surface area contributed by atoms with E-state index in [0.29, 0.717) is 6.42 Å². The number of carbonyl (C=O) groups is 2. The van der Waals surface area contributed by atoms with Crippen LogP contribution in [0.4, 0.5) is 0 Å². The van der Waals surface area contributed by atoms with Gasteiger partial charge in [-0.3, -0.25) is 18.6 Å². The van der Waals surface area contributed by atoms with Gasteiger partial charge in [-0.2, -0.15) is 0 Å². The van der Waals surface area contributed by atoms with E-state index in [-0.39, 0.29) is 38.6 Å². The van der Waals surface area contributed by atoms with Crippen LogP contribution in [-0.2, 0) is 32.7 Å².